The number of thioether (sulfide) groups is 1. The van der Waals surface area contributed by atoms with E-state index < -0.39 is 0 Å². The van der Waals surface area contributed by atoms with Crippen LogP contribution in [0.1, 0.15) is 33.0 Å². The van der Waals surface area contributed by atoms with E-state index in [0.29, 0.717) is 17.6 Å². The zero-order valence-electron chi connectivity index (χ0n) is 16.5. The predicted octanol–water partition coefficient (Wildman–Crippen LogP) is 3.97. The summed E-state index contributed by atoms with van der Waals surface area (Å²) < 4.78 is 7.67. The van der Waals surface area contributed by atoms with Gasteiger partial charge >= 0.3 is 0 Å². The molecule has 0 amide bonds. The molecule has 0 radical (unpaired) electrons. The van der Waals surface area contributed by atoms with Gasteiger partial charge in [0.05, 0.1) is 6.61 Å². The minimum Gasteiger partial charge on any atom is -0.494 e. The maximum Gasteiger partial charge on any atom is 0.190 e. The summed E-state index contributed by atoms with van der Waals surface area (Å²) in [5.74, 6) is 2.46. The van der Waals surface area contributed by atoms with Crippen molar-refractivity contribution in [3.63, 3.8) is 0 Å². The molecule has 0 aliphatic carbocycles. The highest BCUT2D eigenvalue weighted by Crippen LogP contribution is 2.17. The minimum absolute atomic E-state index is 0.565. The van der Waals surface area contributed by atoms with Gasteiger partial charge in [0.1, 0.15) is 11.6 Å². The quantitative estimate of drug-likeness (QED) is 0.351. The molecule has 0 aliphatic heterocycles. The number of nitrogens with zero attached hydrogens (tertiary/aromatic N) is 3. The van der Waals surface area contributed by atoms with Crippen molar-refractivity contribution < 1.29 is 4.74 Å². The van der Waals surface area contributed by atoms with Crippen LogP contribution in [-0.2, 0) is 13.0 Å². The van der Waals surface area contributed by atoms with Crippen LogP contribution < -0.4 is 15.4 Å². The van der Waals surface area contributed by atoms with E-state index in [1.165, 1.54) is 0 Å². The molecule has 1 heterocycles. The molecule has 2 N–H and O–H groups in total. The third kappa shape index (κ3) is 7.03. The average molecular weight is 408 g/mol. The van der Waals surface area contributed by atoms with Crippen LogP contribution in [0.2, 0.25) is 0 Å². The molecule has 0 fully saturated rings. The molecule has 0 unspecified atom stereocenters. The van der Waals surface area contributed by atoms with Crippen LogP contribution in [0.5, 0.6) is 5.75 Å². The molecule has 1 aromatic carbocycles. The molecule has 148 valence electrons. The molecular weight excluding hydrogens is 378 g/mol. The van der Waals surface area contributed by atoms with Gasteiger partial charge in [-0.3, -0.25) is 0 Å². The number of thiocarbonyl (C=S) groups is 1. The third-order valence-electron chi connectivity index (χ3n) is 3.81. The Morgan fingerprint density at radius 2 is 2.00 bits per heavy atom. The van der Waals surface area contributed by atoms with Crippen LogP contribution in [0.3, 0.4) is 0 Å². The largest absolute Gasteiger partial charge is 0.494 e. The van der Waals surface area contributed by atoms with Crippen molar-refractivity contribution in [2.45, 2.75) is 45.3 Å². The molecule has 2 rings (SSSR count). The number of hydrogen-bond donors (Lipinski definition) is 2. The van der Waals surface area contributed by atoms with Gasteiger partial charge in [-0.15, -0.1) is 10.2 Å². The number of anilines is 1. The van der Waals surface area contributed by atoms with E-state index in [4.69, 9.17) is 17.0 Å². The molecule has 0 atom stereocenters. The maximum absolute atomic E-state index is 5.44. The van der Waals surface area contributed by atoms with Gasteiger partial charge in [-0.1, -0.05) is 25.6 Å². The van der Waals surface area contributed by atoms with Crippen molar-refractivity contribution in [2.24, 2.45) is 5.92 Å². The van der Waals surface area contributed by atoms with Crippen molar-refractivity contribution in [1.29, 1.82) is 0 Å². The number of aromatic nitrogens is 3. The van der Waals surface area contributed by atoms with E-state index in [1.807, 2.05) is 37.4 Å². The Balaban J connectivity index is 1.76. The van der Waals surface area contributed by atoms with E-state index in [1.54, 1.807) is 11.8 Å². The fourth-order valence-corrected chi connectivity index (χ4v) is 3.37. The summed E-state index contributed by atoms with van der Waals surface area (Å²) in [5.41, 5.74) is 0.942. The zero-order chi connectivity index (χ0) is 19.6. The van der Waals surface area contributed by atoms with Crippen molar-refractivity contribution in [3.05, 3.63) is 30.1 Å². The number of benzene rings is 1. The van der Waals surface area contributed by atoms with Crippen molar-refractivity contribution in [2.75, 3.05) is 24.7 Å². The molecule has 0 saturated heterocycles. The summed E-state index contributed by atoms with van der Waals surface area (Å²) in [6.07, 6.45) is 3.85. The number of hydrogen-bond acceptors (Lipinski definition) is 5. The SMILES string of the molecule is CCOc1ccc(NC(=S)NCCCc2nnc(SC)n2CC(C)C)cc1. The van der Waals surface area contributed by atoms with E-state index in [9.17, 15) is 0 Å². The van der Waals surface area contributed by atoms with Gasteiger partial charge in [0, 0.05) is 25.2 Å². The summed E-state index contributed by atoms with van der Waals surface area (Å²) in [7, 11) is 0. The van der Waals surface area contributed by atoms with Crippen LogP contribution in [-0.4, -0.2) is 39.3 Å². The van der Waals surface area contributed by atoms with Crippen LogP contribution in [0.25, 0.3) is 0 Å². The van der Waals surface area contributed by atoms with E-state index in [-0.39, 0.29) is 0 Å². The van der Waals surface area contributed by atoms with Gasteiger partial charge in [-0.2, -0.15) is 0 Å². The number of rotatable bonds is 10. The van der Waals surface area contributed by atoms with Crippen LogP contribution in [0.15, 0.2) is 29.4 Å². The van der Waals surface area contributed by atoms with Crippen LogP contribution in [0.4, 0.5) is 5.69 Å². The van der Waals surface area contributed by atoms with Crippen LogP contribution >= 0.6 is 24.0 Å². The lowest BCUT2D eigenvalue weighted by Gasteiger charge is -2.13. The lowest BCUT2D eigenvalue weighted by atomic mass is 10.2. The number of aryl methyl sites for hydroxylation is 1. The first-order valence-electron chi connectivity index (χ1n) is 9.27. The monoisotopic (exact) mass is 407 g/mol. The first kappa shape index (κ1) is 21.5. The molecule has 0 aliphatic rings. The number of ether oxygens (including phenoxy) is 1. The molecule has 6 nitrogen and oxygen atoms in total. The predicted molar refractivity (Wildman–Crippen MR) is 117 cm³/mol. The van der Waals surface area contributed by atoms with E-state index in [0.717, 1.165) is 48.3 Å². The standard InChI is InChI=1S/C19H29N5OS2/c1-5-25-16-10-8-15(9-11-16)21-18(26)20-12-6-7-17-22-23-19(27-4)24(17)13-14(2)3/h8-11,14H,5-7,12-13H2,1-4H3,(H2,20,21,26). The van der Waals surface area contributed by atoms with Gasteiger partial charge in [-0.25, -0.2) is 0 Å². The second kappa shape index (κ2) is 11.1. The van der Waals surface area contributed by atoms with Gasteiger partial charge in [0.25, 0.3) is 0 Å². The van der Waals surface area contributed by atoms with E-state index in [2.05, 4.69) is 39.2 Å². The normalized spacial score (nSPS) is 10.9. The highest BCUT2D eigenvalue weighted by Gasteiger charge is 2.12. The minimum atomic E-state index is 0.565. The molecular formula is C19H29N5OS2. The van der Waals surface area contributed by atoms with Gasteiger partial charge in [0.15, 0.2) is 10.3 Å². The fraction of sp³-hybridized carbons (Fsp3) is 0.526. The average Bonchev–Trinajstić information content (AvgIpc) is 3.01. The molecule has 1 aromatic heterocycles. The summed E-state index contributed by atoms with van der Waals surface area (Å²) in [4.78, 5) is 0. The van der Waals surface area contributed by atoms with Crippen molar-refractivity contribution in [3.8, 4) is 5.75 Å². The molecule has 0 bridgehead atoms. The Kier molecular flexibility index (Phi) is 8.87. The molecule has 0 spiro atoms. The second-order valence-electron chi connectivity index (χ2n) is 6.55. The summed E-state index contributed by atoms with van der Waals surface area (Å²) in [6, 6.07) is 7.77. The zero-order valence-corrected chi connectivity index (χ0v) is 18.1. The fourth-order valence-electron chi connectivity index (χ4n) is 2.63. The van der Waals surface area contributed by atoms with Gasteiger partial charge in [-0.05, 0) is 62.0 Å². The smallest absolute Gasteiger partial charge is 0.190 e. The Morgan fingerprint density at radius 3 is 2.63 bits per heavy atom. The van der Waals surface area contributed by atoms with Crippen molar-refractivity contribution >= 4 is 34.8 Å². The number of nitrogens with one attached hydrogen (secondary N) is 2. The molecule has 2 aromatic rings. The Morgan fingerprint density at radius 1 is 1.26 bits per heavy atom. The highest BCUT2D eigenvalue weighted by molar-refractivity contribution is 7.98. The summed E-state index contributed by atoms with van der Waals surface area (Å²) in [5, 5.41) is 16.7. The Bertz CT molecular complexity index is 715. The van der Waals surface area contributed by atoms with E-state index >= 15 is 0 Å². The second-order valence-corrected chi connectivity index (χ2v) is 7.73. The first-order valence-corrected chi connectivity index (χ1v) is 10.9. The summed E-state index contributed by atoms with van der Waals surface area (Å²) >= 11 is 7.01. The first-order chi connectivity index (χ1) is 13.0. The van der Waals surface area contributed by atoms with Gasteiger partial charge < -0.3 is 19.9 Å². The summed E-state index contributed by atoms with van der Waals surface area (Å²) in [6.45, 7) is 8.78. The third-order valence-corrected chi connectivity index (χ3v) is 4.72. The molecule has 8 heteroatoms. The highest BCUT2D eigenvalue weighted by atomic mass is 32.2. The van der Waals surface area contributed by atoms with Gasteiger partial charge in [0.2, 0.25) is 0 Å². The van der Waals surface area contributed by atoms with Crippen LogP contribution in [0, 0.1) is 5.92 Å². The maximum atomic E-state index is 5.44. The lowest BCUT2D eigenvalue weighted by Crippen LogP contribution is -2.29. The Hall–Kier alpha value is -1.80. The topological polar surface area (TPSA) is 64.0 Å². The molecule has 27 heavy (non-hydrogen) atoms. The van der Waals surface area contributed by atoms with Crippen molar-refractivity contribution in [1.82, 2.24) is 20.1 Å². The Labute approximate surface area is 171 Å². The molecule has 0 saturated carbocycles. The lowest BCUT2D eigenvalue weighted by molar-refractivity contribution is 0.340.